The van der Waals surface area contributed by atoms with Gasteiger partial charge in [0.15, 0.2) is 23.9 Å². The second-order valence-corrected chi connectivity index (χ2v) is 6.71. The van der Waals surface area contributed by atoms with Gasteiger partial charge in [-0.05, 0) is 41.1 Å². The molecule has 3 aromatic carbocycles. The Morgan fingerprint density at radius 2 is 1.80 bits per heavy atom. The summed E-state index contributed by atoms with van der Waals surface area (Å²) >= 11 is 0. The monoisotopic (exact) mass is 403 g/mol. The molecule has 0 N–H and O–H groups in total. The minimum atomic E-state index is -0.490. The van der Waals surface area contributed by atoms with Crippen molar-refractivity contribution < 1.29 is 28.3 Å². The minimum Gasteiger partial charge on any atom is -0.482 e. The van der Waals surface area contributed by atoms with Gasteiger partial charge in [-0.3, -0.25) is 0 Å². The first-order valence-corrected chi connectivity index (χ1v) is 9.37. The molecule has 4 aromatic rings. The van der Waals surface area contributed by atoms with E-state index in [1.807, 2.05) is 60.7 Å². The fraction of sp³-hybridized carbons (Fsp3) is 0.130. The van der Waals surface area contributed by atoms with E-state index in [4.69, 9.17) is 23.5 Å². The molecule has 0 saturated heterocycles. The van der Waals surface area contributed by atoms with Crippen molar-refractivity contribution in [3.8, 4) is 28.6 Å². The van der Waals surface area contributed by atoms with Crippen LogP contribution in [0.4, 0.5) is 0 Å². The highest BCUT2D eigenvalue weighted by Crippen LogP contribution is 2.36. The average Bonchev–Trinajstić information content (AvgIpc) is 3.45. The molecule has 1 aliphatic rings. The van der Waals surface area contributed by atoms with Crippen molar-refractivity contribution >= 4 is 16.7 Å². The fourth-order valence-electron chi connectivity index (χ4n) is 3.16. The summed E-state index contributed by atoms with van der Waals surface area (Å²) in [5.41, 5.74) is 1.30. The zero-order valence-corrected chi connectivity index (χ0v) is 15.9. The lowest BCUT2D eigenvalue weighted by atomic mass is 10.1. The molecule has 0 aliphatic carbocycles. The van der Waals surface area contributed by atoms with Crippen molar-refractivity contribution in [1.82, 2.24) is 5.16 Å². The molecular formula is C23H17NO6. The summed E-state index contributed by atoms with van der Waals surface area (Å²) in [4.78, 5) is 12.0. The first-order chi connectivity index (χ1) is 14.7. The molecule has 2 heterocycles. The third kappa shape index (κ3) is 3.77. The van der Waals surface area contributed by atoms with E-state index in [1.54, 1.807) is 6.07 Å². The lowest BCUT2D eigenvalue weighted by molar-refractivity contribution is -0.147. The van der Waals surface area contributed by atoms with E-state index < -0.39 is 5.97 Å². The van der Waals surface area contributed by atoms with Gasteiger partial charge in [-0.1, -0.05) is 35.5 Å². The Labute approximate surface area is 171 Å². The molecule has 0 unspecified atom stereocenters. The summed E-state index contributed by atoms with van der Waals surface area (Å²) < 4.78 is 26.8. The second kappa shape index (κ2) is 7.79. The number of hydrogen-bond acceptors (Lipinski definition) is 7. The lowest BCUT2D eigenvalue weighted by Crippen LogP contribution is -2.14. The molecule has 7 nitrogen and oxygen atoms in total. The van der Waals surface area contributed by atoms with E-state index in [-0.39, 0.29) is 20.0 Å². The quantitative estimate of drug-likeness (QED) is 0.443. The fourth-order valence-corrected chi connectivity index (χ4v) is 3.16. The molecule has 0 spiro atoms. The van der Waals surface area contributed by atoms with E-state index in [9.17, 15) is 4.79 Å². The van der Waals surface area contributed by atoms with E-state index in [0.717, 1.165) is 16.3 Å². The van der Waals surface area contributed by atoms with Crippen LogP contribution in [0.1, 0.15) is 5.69 Å². The van der Waals surface area contributed by atoms with Crippen LogP contribution in [0.2, 0.25) is 0 Å². The van der Waals surface area contributed by atoms with Gasteiger partial charge in [0.2, 0.25) is 6.79 Å². The van der Waals surface area contributed by atoms with Crippen molar-refractivity contribution in [2.24, 2.45) is 0 Å². The van der Waals surface area contributed by atoms with Gasteiger partial charge in [0.25, 0.3) is 0 Å². The zero-order chi connectivity index (χ0) is 20.3. The number of benzene rings is 3. The van der Waals surface area contributed by atoms with Gasteiger partial charge in [0, 0.05) is 11.6 Å². The predicted molar refractivity (Wildman–Crippen MR) is 107 cm³/mol. The van der Waals surface area contributed by atoms with Crippen LogP contribution in [-0.4, -0.2) is 24.5 Å². The summed E-state index contributed by atoms with van der Waals surface area (Å²) in [5.74, 6) is 2.02. The molecule has 0 saturated carbocycles. The number of carbonyl (C=O) groups excluding carboxylic acids is 1. The zero-order valence-electron chi connectivity index (χ0n) is 15.9. The van der Waals surface area contributed by atoms with Crippen LogP contribution in [0.3, 0.4) is 0 Å². The summed E-state index contributed by atoms with van der Waals surface area (Å²) in [6, 6.07) is 20.8. The van der Waals surface area contributed by atoms with E-state index in [0.29, 0.717) is 28.7 Å². The Balaban J connectivity index is 1.16. The Morgan fingerprint density at radius 3 is 2.73 bits per heavy atom. The topological polar surface area (TPSA) is 80.0 Å². The van der Waals surface area contributed by atoms with E-state index >= 15 is 0 Å². The van der Waals surface area contributed by atoms with Gasteiger partial charge in [-0.2, -0.15) is 0 Å². The largest absolute Gasteiger partial charge is 0.482 e. The highest BCUT2D eigenvalue weighted by Gasteiger charge is 2.16. The highest BCUT2D eigenvalue weighted by molar-refractivity contribution is 5.83. The maximum atomic E-state index is 12.0. The highest BCUT2D eigenvalue weighted by atomic mass is 16.7. The molecule has 0 radical (unpaired) electrons. The predicted octanol–water partition coefficient (Wildman–Crippen LogP) is 4.35. The van der Waals surface area contributed by atoms with Crippen molar-refractivity contribution in [1.29, 1.82) is 0 Å². The summed E-state index contributed by atoms with van der Waals surface area (Å²) in [5, 5.41) is 6.10. The van der Waals surface area contributed by atoms with Crippen LogP contribution < -0.4 is 14.2 Å². The Bertz CT molecular complexity index is 1220. The van der Waals surface area contributed by atoms with Crippen LogP contribution >= 0.6 is 0 Å². The molecule has 7 heteroatoms. The summed E-state index contributed by atoms with van der Waals surface area (Å²) in [6.07, 6.45) is 0. The second-order valence-electron chi connectivity index (χ2n) is 6.71. The Kier molecular flexibility index (Phi) is 4.69. The Morgan fingerprint density at radius 1 is 0.933 bits per heavy atom. The van der Waals surface area contributed by atoms with Gasteiger partial charge in [0.1, 0.15) is 18.1 Å². The smallest absolute Gasteiger partial charge is 0.344 e. The first kappa shape index (κ1) is 18.1. The maximum Gasteiger partial charge on any atom is 0.344 e. The molecule has 1 aromatic heterocycles. The van der Waals surface area contributed by atoms with Crippen LogP contribution in [-0.2, 0) is 16.1 Å². The SMILES string of the molecule is O=C(COc1ccc2ccccc2c1)OCc1cc(-c2ccc3c(c2)OCO3)on1. The molecule has 150 valence electrons. The summed E-state index contributed by atoms with van der Waals surface area (Å²) in [6.45, 7) is 0.0108. The van der Waals surface area contributed by atoms with Gasteiger partial charge in [0.05, 0.1) is 0 Å². The summed E-state index contributed by atoms with van der Waals surface area (Å²) in [7, 11) is 0. The van der Waals surface area contributed by atoms with Crippen molar-refractivity contribution in [3.05, 3.63) is 72.4 Å². The van der Waals surface area contributed by atoms with Crippen LogP contribution in [0, 0.1) is 0 Å². The molecule has 5 rings (SSSR count). The number of aromatic nitrogens is 1. The minimum absolute atomic E-state index is 0.00599. The normalized spacial score (nSPS) is 12.1. The Hall–Kier alpha value is -4.00. The molecular weight excluding hydrogens is 386 g/mol. The number of rotatable bonds is 6. The number of esters is 1. The number of fused-ring (bicyclic) bond motifs is 2. The lowest BCUT2D eigenvalue weighted by Gasteiger charge is -2.07. The van der Waals surface area contributed by atoms with Gasteiger partial charge in [-0.25, -0.2) is 4.79 Å². The standard InChI is InChI=1S/C23H17NO6/c25-23(13-26-19-7-5-15-3-1-2-4-16(15)9-19)27-12-18-11-21(30-24-18)17-6-8-20-22(10-17)29-14-28-20/h1-11H,12-14H2. The van der Waals surface area contributed by atoms with Crippen molar-refractivity contribution in [2.45, 2.75) is 6.61 Å². The van der Waals surface area contributed by atoms with E-state index in [2.05, 4.69) is 5.16 Å². The van der Waals surface area contributed by atoms with Crippen molar-refractivity contribution in [2.75, 3.05) is 13.4 Å². The average molecular weight is 403 g/mol. The molecule has 30 heavy (non-hydrogen) atoms. The first-order valence-electron chi connectivity index (χ1n) is 9.37. The molecule has 0 fully saturated rings. The maximum absolute atomic E-state index is 12.0. The number of ether oxygens (including phenoxy) is 4. The van der Waals surface area contributed by atoms with Crippen molar-refractivity contribution in [3.63, 3.8) is 0 Å². The molecule has 0 atom stereocenters. The number of hydrogen-bond donors (Lipinski definition) is 0. The van der Waals surface area contributed by atoms with Crippen LogP contribution in [0.25, 0.3) is 22.1 Å². The molecule has 0 amide bonds. The third-order valence-electron chi connectivity index (χ3n) is 4.67. The van der Waals surface area contributed by atoms with E-state index in [1.165, 1.54) is 0 Å². The van der Waals surface area contributed by atoms with Crippen LogP contribution in [0.15, 0.2) is 71.3 Å². The van der Waals surface area contributed by atoms with Gasteiger partial charge >= 0.3 is 5.97 Å². The molecule has 1 aliphatic heterocycles. The third-order valence-corrected chi connectivity index (χ3v) is 4.67. The van der Waals surface area contributed by atoms with Crippen LogP contribution in [0.5, 0.6) is 17.2 Å². The van der Waals surface area contributed by atoms with Gasteiger partial charge < -0.3 is 23.5 Å². The number of nitrogens with zero attached hydrogens (tertiary/aromatic N) is 1. The number of carbonyl (C=O) groups is 1. The molecule has 0 bridgehead atoms. The van der Waals surface area contributed by atoms with Gasteiger partial charge in [-0.15, -0.1) is 0 Å².